The maximum absolute atomic E-state index is 13.2. The van der Waals surface area contributed by atoms with Gasteiger partial charge in [-0.15, -0.1) is 0 Å². The molecule has 3 heterocycles. The maximum Gasteiger partial charge on any atom is 0.259 e. The van der Waals surface area contributed by atoms with Crippen molar-refractivity contribution < 1.29 is 19.2 Å². The highest BCUT2D eigenvalue weighted by Crippen LogP contribution is 2.26. The lowest BCUT2D eigenvalue weighted by Crippen LogP contribution is -2.53. The summed E-state index contributed by atoms with van der Waals surface area (Å²) < 4.78 is 11.0. The maximum atomic E-state index is 13.2. The Balaban J connectivity index is 1.53. The van der Waals surface area contributed by atoms with E-state index in [1.807, 2.05) is 30.3 Å². The summed E-state index contributed by atoms with van der Waals surface area (Å²) in [7, 11) is 0. The van der Waals surface area contributed by atoms with Crippen LogP contribution in [-0.2, 0) is 4.74 Å². The first-order valence-corrected chi connectivity index (χ1v) is 9.46. The molecule has 0 spiro atoms. The molecule has 0 bridgehead atoms. The number of amides is 1. The van der Waals surface area contributed by atoms with Crippen LogP contribution in [0.15, 0.2) is 41.1 Å². The van der Waals surface area contributed by atoms with Crippen molar-refractivity contribution in [2.75, 3.05) is 45.9 Å². The van der Waals surface area contributed by atoms with Crippen LogP contribution in [0.3, 0.4) is 0 Å². The van der Waals surface area contributed by atoms with E-state index in [1.54, 1.807) is 4.90 Å². The van der Waals surface area contributed by atoms with Crippen LogP contribution in [0.1, 0.15) is 23.2 Å². The Labute approximate surface area is 158 Å². The molecule has 1 aromatic carbocycles. The Bertz CT molecular complexity index is 773. The van der Waals surface area contributed by atoms with Crippen LogP contribution in [0.2, 0.25) is 0 Å². The largest absolute Gasteiger partial charge is 0.384 e. The van der Waals surface area contributed by atoms with Crippen LogP contribution in [0, 0.1) is 0 Å². The number of ether oxygens (including phenoxy) is 1. The van der Waals surface area contributed by atoms with Crippen LogP contribution in [0.5, 0.6) is 0 Å². The van der Waals surface area contributed by atoms with Gasteiger partial charge in [0.15, 0.2) is 5.76 Å². The zero-order chi connectivity index (χ0) is 18.7. The molecular formula is C20H25N3O4. The number of hydrogen-bond acceptors (Lipinski definition) is 6. The molecule has 144 valence electrons. The highest BCUT2D eigenvalue weighted by Gasteiger charge is 2.37. The van der Waals surface area contributed by atoms with E-state index >= 15 is 0 Å². The average molecular weight is 371 g/mol. The molecule has 7 heteroatoms. The van der Waals surface area contributed by atoms with Crippen molar-refractivity contribution in [2.24, 2.45) is 0 Å². The number of likely N-dealkylation sites (tertiary alicyclic amines) is 1. The molecule has 2 fully saturated rings. The van der Waals surface area contributed by atoms with Crippen LogP contribution in [0.25, 0.3) is 11.3 Å². The standard InChI is InChI=1S/C20H25N3O4/c24-19(17-12-21-27-18(17)16-6-2-1-3-7-16)23-10-11-26-15-20(25,14-23)13-22-8-4-5-9-22/h1-3,6-7,12,25H,4-5,8-11,13-15H2. The van der Waals surface area contributed by atoms with E-state index in [4.69, 9.17) is 9.26 Å². The lowest BCUT2D eigenvalue weighted by atomic mass is 10.0. The third kappa shape index (κ3) is 4.05. The van der Waals surface area contributed by atoms with Crippen molar-refractivity contribution in [2.45, 2.75) is 18.4 Å². The monoisotopic (exact) mass is 371 g/mol. The fraction of sp³-hybridized carbons (Fsp3) is 0.500. The molecule has 2 aliphatic rings. The minimum Gasteiger partial charge on any atom is -0.384 e. The first-order valence-electron chi connectivity index (χ1n) is 9.46. The summed E-state index contributed by atoms with van der Waals surface area (Å²) in [6.07, 6.45) is 3.76. The van der Waals surface area contributed by atoms with Gasteiger partial charge in [0.05, 0.1) is 26.0 Å². The molecule has 0 aliphatic carbocycles. The Morgan fingerprint density at radius 3 is 2.74 bits per heavy atom. The van der Waals surface area contributed by atoms with E-state index in [0.717, 1.165) is 31.5 Å². The van der Waals surface area contributed by atoms with E-state index < -0.39 is 5.60 Å². The lowest BCUT2D eigenvalue weighted by molar-refractivity contribution is -0.0524. The predicted molar refractivity (Wildman–Crippen MR) is 99.3 cm³/mol. The molecule has 2 saturated heterocycles. The third-order valence-electron chi connectivity index (χ3n) is 5.20. The molecule has 0 saturated carbocycles. The van der Waals surface area contributed by atoms with E-state index in [0.29, 0.717) is 31.0 Å². The molecule has 1 aromatic heterocycles. The van der Waals surface area contributed by atoms with Gasteiger partial charge in [0.2, 0.25) is 0 Å². The van der Waals surface area contributed by atoms with Gasteiger partial charge in [0.25, 0.3) is 5.91 Å². The number of carbonyl (C=O) groups excluding carboxylic acids is 1. The number of aromatic nitrogens is 1. The molecular weight excluding hydrogens is 346 g/mol. The Morgan fingerprint density at radius 2 is 1.96 bits per heavy atom. The zero-order valence-corrected chi connectivity index (χ0v) is 15.3. The lowest BCUT2D eigenvalue weighted by Gasteiger charge is -2.33. The number of benzene rings is 1. The number of hydrogen-bond donors (Lipinski definition) is 1. The molecule has 1 unspecified atom stereocenters. The van der Waals surface area contributed by atoms with Crippen molar-refractivity contribution in [1.29, 1.82) is 0 Å². The first-order chi connectivity index (χ1) is 13.1. The molecule has 2 aliphatic heterocycles. The fourth-order valence-electron chi connectivity index (χ4n) is 3.90. The van der Waals surface area contributed by atoms with Gasteiger partial charge in [-0.2, -0.15) is 0 Å². The van der Waals surface area contributed by atoms with Crippen molar-refractivity contribution in [1.82, 2.24) is 15.0 Å². The fourth-order valence-corrected chi connectivity index (χ4v) is 3.90. The minimum atomic E-state index is -1.07. The smallest absolute Gasteiger partial charge is 0.259 e. The first kappa shape index (κ1) is 18.2. The number of nitrogens with zero attached hydrogens (tertiary/aromatic N) is 3. The SMILES string of the molecule is O=C(c1cnoc1-c1ccccc1)N1CCOCC(O)(CN2CCCC2)C1. The zero-order valence-electron chi connectivity index (χ0n) is 15.3. The molecule has 4 rings (SSSR count). The number of rotatable bonds is 4. The average Bonchev–Trinajstić information content (AvgIpc) is 3.32. The molecule has 1 amide bonds. The number of β-amino-alcohol motifs (C(OH)–C–C–N with tert-alkyl or cyclic N) is 1. The van der Waals surface area contributed by atoms with Crippen molar-refractivity contribution in [3.8, 4) is 11.3 Å². The summed E-state index contributed by atoms with van der Waals surface area (Å²) in [5, 5.41) is 14.9. The van der Waals surface area contributed by atoms with Gasteiger partial charge in [0, 0.05) is 18.7 Å². The van der Waals surface area contributed by atoms with E-state index in [1.165, 1.54) is 6.20 Å². The summed E-state index contributed by atoms with van der Waals surface area (Å²) in [5.74, 6) is 0.259. The molecule has 1 atom stereocenters. The summed E-state index contributed by atoms with van der Waals surface area (Å²) in [6, 6.07) is 9.45. The second-order valence-electron chi connectivity index (χ2n) is 7.42. The Kier molecular flexibility index (Phi) is 5.24. The highest BCUT2D eigenvalue weighted by molar-refractivity contribution is 5.99. The molecule has 2 aromatic rings. The van der Waals surface area contributed by atoms with Gasteiger partial charge in [-0.25, -0.2) is 0 Å². The topological polar surface area (TPSA) is 79.0 Å². The van der Waals surface area contributed by atoms with Crippen LogP contribution in [0.4, 0.5) is 0 Å². The van der Waals surface area contributed by atoms with Crippen LogP contribution < -0.4 is 0 Å². The third-order valence-corrected chi connectivity index (χ3v) is 5.20. The molecule has 0 radical (unpaired) electrons. The Morgan fingerprint density at radius 1 is 1.19 bits per heavy atom. The van der Waals surface area contributed by atoms with Gasteiger partial charge in [-0.1, -0.05) is 35.5 Å². The van der Waals surface area contributed by atoms with Crippen molar-refractivity contribution >= 4 is 5.91 Å². The second-order valence-corrected chi connectivity index (χ2v) is 7.42. The summed E-state index contributed by atoms with van der Waals surface area (Å²) in [5.41, 5.74) is 0.143. The predicted octanol–water partition coefficient (Wildman–Crippen LogP) is 1.64. The minimum absolute atomic E-state index is 0.194. The van der Waals surface area contributed by atoms with Gasteiger partial charge in [-0.3, -0.25) is 4.79 Å². The Hall–Kier alpha value is -2.22. The van der Waals surface area contributed by atoms with Gasteiger partial charge in [-0.05, 0) is 25.9 Å². The highest BCUT2D eigenvalue weighted by atomic mass is 16.5. The van der Waals surface area contributed by atoms with Crippen molar-refractivity contribution in [3.05, 3.63) is 42.1 Å². The van der Waals surface area contributed by atoms with Gasteiger partial charge < -0.3 is 24.2 Å². The van der Waals surface area contributed by atoms with Crippen LogP contribution >= 0.6 is 0 Å². The van der Waals surface area contributed by atoms with Gasteiger partial charge >= 0.3 is 0 Å². The molecule has 7 nitrogen and oxygen atoms in total. The molecule has 27 heavy (non-hydrogen) atoms. The van der Waals surface area contributed by atoms with Gasteiger partial charge in [0.1, 0.15) is 11.2 Å². The summed E-state index contributed by atoms with van der Waals surface area (Å²) >= 11 is 0. The van der Waals surface area contributed by atoms with Crippen molar-refractivity contribution in [3.63, 3.8) is 0 Å². The summed E-state index contributed by atoms with van der Waals surface area (Å²) in [6.45, 7) is 3.80. The molecule has 1 N–H and O–H groups in total. The van der Waals surface area contributed by atoms with E-state index in [-0.39, 0.29) is 19.1 Å². The van der Waals surface area contributed by atoms with E-state index in [2.05, 4.69) is 10.1 Å². The second kappa shape index (κ2) is 7.80. The number of aliphatic hydroxyl groups is 1. The van der Waals surface area contributed by atoms with Crippen LogP contribution in [-0.4, -0.2) is 77.5 Å². The van der Waals surface area contributed by atoms with E-state index in [9.17, 15) is 9.90 Å². The summed E-state index contributed by atoms with van der Waals surface area (Å²) in [4.78, 5) is 17.1. The quantitative estimate of drug-likeness (QED) is 0.880. The number of carbonyl (C=O) groups is 1. The normalized spacial score (nSPS) is 24.1.